The van der Waals surface area contributed by atoms with E-state index in [-0.39, 0.29) is 0 Å². The van der Waals surface area contributed by atoms with Gasteiger partial charge in [-0.3, -0.25) is 0 Å². The van der Waals surface area contributed by atoms with Crippen molar-refractivity contribution in [3.8, 4) is 39.9 Å². The lowest BCUT2D eigenvalue weighted by Crippen LogP contribution is -2.06. The quantitative estimate of drug-likeness (QED) is 0.170. The van der Waals surface area contributed by atoms with Crippen LogP contribution in [0.5, 0.6) is 0 Å². The molecule has 0 amide bonds. The summed E-state index contributed by atoms with van der Waals surface area (Å²) in [5.41, 5.74) is 17.3. The maximum absolute atomic E-state index is 10.1. The normalized spacial score (nSPS) is 11.9. The van der Waals surface area contributed by atoms with Gasteiger partial charge in [0.25, 0.3) is 0 Å². The third kappa shape index (κ3) is 5.36. The molecule has 4 heterocycles. The fraction of sp³-hybridized carbons (Fsp3) is 0.0161. The zero-order chi connectivity index (χ0) is 44.3. The molecular weight excluding hydrogens is 815 g/mol. The highest BCUT2D eigenvalue weighted by atomic mass is 15.1. The highest BCUT2D eigenvalue weighted by Crippen LogP contribution is 2.43. The van der Waals surface area contributed by atoms with Crippen LogP contribution in [-0.2, 0) is 0 Å². The van der Waals surface area contributed by atoms with Crippen molar-refractivity contribution in [1.82, 2.24) is 18.3 Å². The maximum atomic E-state index is 10.1. The lowest BCUT2D eigenvalue weighted by molar-refractivity contribution is 1.08. The molecule has 14 aromatic rings. The van der Waals surface area contributed by atoms with Gasteiger partial charge in [-0.1, -0.05) is 133 Å². The molecule has 0 radical (unpaired) electrons. The number of hydrogen-bond acceptors (Lipinski definition) is 1. The second-order valence-electron chi connectivity index (χ2n) is 17.7. The van der Waals surface area contributed by atoms with Gasteiger partial charge in [-0.25, -0.2) is 0 Å². The average molecular weight is 854 g/mol. The van der Waals surface area contributed by atoms with Gasteiger partial charge in [0.15, 0.2) is 0 Å². The number of nitriles is 1. The Bertz CT molecular complexity index is 4320. The van der Waals surface area contributed by atoms with Crippen molar-refractivity contribution in [2.75, 3.05) is 0 Å². The van der Waals surface area contributed by atoms with Crippen LogP contribution in [0.25, 0.3) is 121 Å². The molecule has 0 atom stereocenters. The molecule has 312 valence electrons. The third-order valence-corrected chi connectivity index (χ3v) is 14.1. The van der Waals surface area contributed by atoms with Crippen molar-refractivity contribution in [3.63, 3.8) is 0 Å². The van der Waals surface area contributed by atoms with Gasteiger partial charge in [-0.2, -0.15) is 5.26 Å². The Morgan fingerprint density at radius 3 is 1.07 bits per heavy atom. The lowest BCUT2D eigenvalue weighted by Gasteiger charge is -2.21. The Balaban J connectivity index is 1.11. The van der Waals surface area contributed by atoms with E-state index in [4.69, 9.17) is 0 Å². The molecule has 0 aliphatic heterocycles. The van der Waals surface area contributed by atoms with Crippen LogP contribution >= 0.6 is 0 Å². The molecule has 5 heteroatoms. The van der Waals surface area contributed by atoms with E-state index < -0.39 is 0 Å². The van der Waals surface area contributed by atoms with Crippen LogP contribution in [0, 0.1) is 18.3 Å². The first-order valence-corrected chi connectivity index (χ1v) is 22.8. The summed E-state index contributed by atoms with van der Waals surface area (Å²) in [7, 11) is 0. The molecule has 0 aliphatic carbocycles. The van der Waals surface area contributed by atoms with Gasteiger partial charge >= 0.3 is 0 Å². The van der Waals surface area contributed by atoms with Crippen LogP contribution in [-0.4, -0.2) is 18.3 Å². The average Bonchev–Trinajstić information content (AvgIpc) is 4.11. The van der Waals surface area contributed by atoms with Crippen molar-refractivity contribution < 1.29 is 0 Å². The largest absolute Gasteiger partial charge is 0.309 e. The summed E-state index contributed by atoms with van der Waals surface area (Å²) in [4.78, 5) is 0. The van der Waals surface area contributed by atoms with Crippen molar-refractivity contribution in [3.05, 3.63) is 230 Å². The van der Waals surface area contributed by atoms with Crippen LogP contribution in [0.3, 0.4) is 0 Å². The Morgan fingerprint density at radius 1 is 0.313 bits per heavy atom. The number of aryl methyl sites for hydroxylation is 1. The van der Waals surface area contributed by atoms with E-state index in [1.54, 1.807) is 0 Å². The number of para-hydroxylation sites is 6. The van der Waals surface area contributed by atoms with Crippen LogP contribution in [0.4, 0.5) is 0 Å². The highest BCUT2D eigenvalue weighted by Gasteiger charge is 2.23. The molecular formula is C62H39N5. The number of hydrogen-bond donors (Lipinski definition) is 0. The van der Waals surface area contributed by atoms with Crippen molar-refractivity contribution in [2.24, 2.45) is 0 Å². The topological polar surface area (TPSA) is 43.5 Å². The second kappa shape index (κ2) is 14.2. The van der Waals surface area contributed by atoms with E-state index in [1.165, 1.54) is 65.2 Å². The summed E-state index contributed by atoms with van der Waals surface area (Å²) >= 11 is 0. The molecule has 0 saturated heterocycles. The number of fused-ring (bicyclic) bond motifs is 12. The Kier molecular flexibility index (Phi) is 7.90. The molecule has 14 rings (SSSR count). The fourth-order valence-electron chi connectivity index (χ4n) is 11.2. The van der Waals surface area contributed by atoms with Gasteiger partial charge in [0, 0.05) is 54.5 Å². The van der Waals surface area contributed by atoms with E-state index in [9.17, 15) is 5.26 Å². The van der Waals surface area contributed by atoms with Gasteiger partial charge < -0.3 is 18.3 Å². The summed E-state index contributed by atoms with van der Waals surface area (Å²) in [6, 6.07) is 81.5. The molecule has 0 spiro atoms. The molecule has 10 aromatic carbocycles. The zero-order valence-electron chi connectivity index (χ0n) is 36.5. The summed E-state index contributed by atoms with van der Waals surface area (Å²) < 4.78 is 9.78. The standard InChI is InChI=1S/C62H39N5/c1-39-33-61(66-57-27-12-6-21-48(57)50-31-29-42(35-59(50)66)64-53-23-8-2-17-44(53)45-18-3-9-24-54(45)64)62(37-52(39)41-16-14-15-40(34-41)38-63)67-58-28-13-7-22-49(58)51-32-30-43(36-60(51)67)65-55-25-10-4-19-46(55)47-20-5-11-26-56(47)65/h2-37H,1H3. The monoisotopic (exact) mass is 853 g/mol. The molecule has 4 aromatic heterocycles. The molecule has 0 bridgehead atoms. The van der Waals surface area contributed by atoms with Gasteiger partial charge in [0.2, 0.25) is 0 Å². The minimum Gasteiger partial charge on any atom is -0.309 e. The second-order valence-corrected chi connectivity index (χ2v) is 17.7. The van der Waals surface area contributed by atoms with Crippen LogP contribution < -0.4 is 0 Å². The molecule has 5 nitrogen and oxygen atoms in total. The SMILES string of the molecule is Cc1cc(-n2c3ccccc3c3ccc(-n4c5ccccc5c5ccccc54)cc32)c(-n2c3ccccc3c3ccc(-n4c5ccccc5c5ccccc54)cc32)cc1-c1cccc(C#N)c1. The molecule has 0 N–H and O–H groups in total. The molecule has 0 aliphatic rings. The molecule has 0 fully saturated rings. The third-order valence-electron chi connectivity index (χ3n) is 14.1. The molecule has 67 heavy (non-hydrogen) atoms. The van der Waals surface area contributed by atoms with Gasteiger partial charge in [0.1, 0.15) is 0 Å². The van der Waals surface area contributed by atoms with E-state index in [0.29, 0.717) is 5.56 Å². The molecule has 0 saturated carbocycles. The maximum Gasteiger partial charge on any atom is 0.0991 e. The fourth-order valence-corrected chi connectivity index (χ4v) is 11.2. The Labute approximate surface area is 385 Å². The smallest absolute Gasteiger partial charge is 0.0991 e. The number of rotatable bonds is 5. The summed E-state index contributed by atoms with van der Waals surface area (Å²) in [6.45, 7) is 2.20. The first-order valence-electron chi connectivity index (χ1n) is 22.8. The van der Waals surface area contributed by atoms with Gasteiger partial charge in [-0.15, -0.1) is 0 Å². The lowest BCUT2D eigenvalue weighted by atomic mass is 9.97. The minimum atomic E-state index is 0.634. The van der Waals surface area contributed by atoms with Crippen molar-refractivity contribution in [1.29, 1.82) is 5.26 Å². The van der Waals surface area contributed by atoms with Crippen LogP contribution in [0.2, 0.25) is 0 Å². The molecule has 0 unspecified atom stereocenters. The minimum absolute atomic E-state index is 0.634. The number of aromatic nitrogens is 4. The summed E-state index contributed by atoms with van der Waals surface area (Å²) in [6.07, 6.45) is 0. The number of nitrogens with zero attached hydrogens (tertiary/aromatic N) is 5. The first-order chi connectivity index (χ1) is 33.1. The van der Waals surface area contributed by atoms with E-state index in [0.717, 1.165) is 61.5 Å². The van der Waals surface area contributed by atoms with E-state index in [1.807, 2.05) is 18.2 Å². The highest BCUT2D eigenvalue weighted by molar-refractivity contribution is 6.14. The Morgan fingerprint density at radius 2 is 0.672 bits per heavy atom. The first kappa shape index (κ1) is 37.3. The van der Waals surface area contributed by atoms with E-state index >= 15 is 0 Å². The predicted molar refractivity (Wildman–Crippen MR) is 279 cm³/mol. The van der Waals surface area contributed by atoms with Crippen molar-refractivity contribution >= 4 is 87.2 Å². The Hall–Kier alpha value is -9.11. The van der Waals surface area contributed by atoms with Crippen LogP contribution in [0.15, 0.2) is 218 Å². The predicted octanol–water partition coefficient (Wildman–Crippen LogP) is 15.9. The zero-order valence-corrected chi connectivity index (χ0v) is 36.5. The summed E-state index contributed by atoms with van der Waals surface area (Å²) in [5, 5.41) is 19.7. The van der Waals surface area contributed by atoms with E-state index in [2.05, 4.69) is 231 Å². The number of benzene rings is 10. The van der Waals surface area contributed by atoms with Gasteiger partial charge in [0.05, 0.1) is 67.1 Å². The van der Waals surface area contributed by atoms with Crippen LogP contribution in [0.1, 0.15) is 11.1 Å². The van der Waals surface area contributed by atoms with Gasteiger partial charge in [-0.05, 0) is 109 Å². The summed E-state index contributed by atoms with van der Waals surface area (Å²) in [5.74, 6) is 0. The van der Waals surface area contributed by atoms with Crippen molar-refractivity contribution in [2.45, 2.75) is 6.92 Å².